The molecule has 96 valence electrons. The van der Waals surface area contributed by atoms with Gasteiger partial charge >= 0.3 is 0 Å². The zero-order valence-electron chi connectivity index (χ0n) is 11.3. The van der Waals surface area contributed by atoms with Crippen LogP contribution in [0.3, 0.4) is 0 Å². The minimum absolute atomic E-state index is 0.768. The van der Waals surface area contributed by atoms with Crippen LogP contribution < -0.4 is 5.32 Å². The van der Waals surface area contributed by atoms with Crippen molar-refractivity contribution in [2.75, 3.05) is 6.54 Å². The van der Waals surface area contributed by atoms with Crippen molar-refractivity contribution in [3.8, 4) is 0 Å². The Bertz CT molecular complexity index is 172. The van der Waals surface area contributed by atoms with Gasteiger partial charge in [0.05, 0.1) is 0 Å². The molecular weight excluding hydrogens is 214 g/mol. The number of hydrogen-bond acceptors (Lipinski definition) is 2. The first kappa shape index (κ1) is 14.4. The molecule has 0 aromatic heterocycles. The lowest BCUT2D eigenvalue weighted by molar-refractivity contribution is 0.405. The second kappa shape index (κ2) is 8.41. The first-order chi connectivity index (χ1) is 7.77. The van der Waals surface area contributed by atoms with Gasteiger partial charge < -0.3 is 5.32 Å². The van der Waals surface area contributed by atoms with Crippen LogP contribution in [-0.2, 0) is 0 Å². The lowest BCUT2D eigenvalue weighted by atomic mass is 9.96. The SMILES string of the molecule is CCNC1CCCCCCC1SC(C)CC. The summed E-state index contributed by atoms with van der Waals surface area (Å²) in [5.74, 6) is 0. The van der Waals surface area contributed by atoms with Gasteiger partial charge in [0.15, 0.2) is 0 Å². The Balaban J connectivity index is 2.48. The van der Waals surface area contributed by atoms with Crippen LogP contribution in [0.5, 0.6) is 0 Å². The Morgan fingerprint density at radius 2 is 1.81 bits per heavy atom. The minimum Gasteiger partial charge on any atom is -0.313 e. The zero-order valence-corrected chi connectivity index (χ0v) is 12.1. The predicted molar refractivity (Wildman–Crippen MR) is 76.3 cm³/mol. The lowest BCUT2D eigenvalue weighted by Crippen LogP contribution is -2.39. The van der Waals surface area contributed by atoms with Crippen molar-refractivity contribution in [1.82, 2.24) is 5.32 Å². The molecule has 0 aliphatic heterocycles. The van der Waals surface area contributed by atoms with Gasteiger partial charge in [0.1, 0.15) is 0 Å². The highest BCUT2D eigenvalue weighted by Gasteiger charge is 2.23. The van der Waals surface area contributed by atoms with Crippen LogP contribution in [0.25, 0.3) is 0 Å². The van der Waals surface area contributed by atoms with E-state index >= 15 is 0 Å². The summed E-state index contributed by atoms with van der Waals surface area (Å²) in [6.45, 7) is 8.06. The van der Waals surface area contributed by atoms with E-state index in [9.17, 15) is 0 Å². The van der Waals surface area contributed by atoms with Crippen LogP contribution in [0.1, 0.15) is 65.7 Å². The van der Waals surface area contributed by atoms with Gasteiger partial charge in [-0.15, -0.1) is 0 Å². The highest BCUT2D eigenvalue weighted by molar-refractivity contribution is 8.00. The number of hydrogen-bond donors (Lipinski definition) is 1. The third kappa shape index (κ3) is 5.09. The first-order valence-electron chi connectivity index (χ1n) is 7.16. The Morgan fingerprint density at radius 3 is 2.44 bits per heavy atom. The molecule has 0 aromatic carbocycles. The summed E-state index contributed by atoms with van der Waals surface area (Å²) in [7, 11) is 0. The third-order valence-corrected chi connectivity index (χ3v) is 5.36. The summed E-state index contributed by atoms with van der Waals surface area (Å²) in [5.41, 5.74) is 0. The fraction of sp³-hybridized carbons (Fsp3) is 1.00. The van der Waals surface area contributed by atoms with Gasteiger partial charge in [-0.05, 0) is 25.8 Å². The van der Waals surface area contributed by atoms with Gasteiger partial charge in [0.25, 0.3) is 0 Å². The highest BCUT2D eigenvalue weighted by atomic mass is 32.2. The molecule has 2 heteroatoms. The summed E-state index contributed by atoms with van der Waals surface area (Å²) in [6, 6.07) is 0.768. The van der Waals surface area contributed by atoms with Gasteiger partial charge in [0, 0.05) is 16.5 Å². The Kier molecular flexibility index (Phi) is 7.55. The van der Waals surface area contributed by atoms with E-state index in [2.05, 4.69) is 37.8 Å². The van der Waals surface area contributed by atoms with Crippen LogP contribution in [-0.4, -0.2) is 23.1 Å². The van der Waals surface area contributed by atoms with Crippen molar-refractivity contribution in [2.45, 2.75) is 82.3 Å². The van der Waals surface area contributed by atoms with Gasteiger partial charge in [-0.1, -0.05) is 46.5 Å². The van der Waals surface area contributed by atoms with E-state index in [4.69, 9.17) is 0 Å². The number of thioether (sulfide) groups is 1. The molecule has 1 N–H and O–H groups in total. The summed E-state index contributed by atoms with van der Waals surface area (Å²) in [4.78, 5) is 0. The molecule has 0 heterocycles. The fourth-order valence-electron chi connectivity index (χ4n) is 2.50. The minimum atomic E-state index is 0.768. The first-order valence-corrected chi connectivity index (χ1v) is 8.11. The van der Waals surface area contributed by atoms with E-state index in [1.807, 2.05) is 0 Å². The second-order valence-corrected chi connectivity index (χ2v) is 6.73. The van der Waals surface area contributed by atoms with Crippen molar-refractivity contribution in [3.63, 3.8) is 0 Å². The molecule has 1 aliphatic rings. The molecule has 1 fully saturated rings. The predicted octanol–water partition coefficient (Wildman–Crippen LogP) is 4.22. The number of rotatable bonds is 5. The summed E-state index contributed by atoms with van der Waals surface area (Å²) in [6.07, 6.45) is 9.89. The van der Waals surface area contributed by atoms with Gasteiger partial charge in [-0.25, -0.2) is 0 Å². The van der Waals surface area contributed by atoms with E-state index < -0.39 is 0 Å². The smallest absolute Gasteiger partial charge is 0.0203 e. The molecule has 0 radical (unpaired) electrons. The van der Waals surface area contributed by atoms with E-state index in [0.29, 0.717) is 0 Å². The molecule has 0 spiro atoms. The molecule has 1 saturated carbocycles. The average Bonchev–Trinajstić information content (AvgIpc) is 2.27. The number of nitrogens with one attached hydrogen (secondary N) is 1. The molecule has 0 saturated heterocycles. The summed E-state index contributed by atoms with van der Waals surface area (Å²) >= 11 is 2.23. The molecule has 3 unspecified atom stereocenters. The molecule has 16 heavy (non-hydrogen) atoms. The molecule has 0 aromatic rings. The Hall–Kier alpha value is 0.310. The molecule has 0 amide bonds. The van der Waals surface area contributed by atoms with Crippen LogP contribution in [0.4, 0.5) is 0 Å². The molecule has 3 atom stereocenters. The highest BCUT2D eigenvalue weighted by Crippen LogP contribution is 2.30. The maximum Gasteiger partial charge on any atom is 0.0203 e. The Morgan fingerprint density at radius 1 is 1.12 bits per heavy atom. The quantitative estimate of drug-likeness (QED) is 0.776. The molecule has 0 bridgehead atoms. The van der Waals surface area contributed by atoms with E-state index in [1.54, 1.807) is 0 Å². The lowest BCUT2D eigenvalue weighted by Gasteiger charge is -2.31. The van der Waals surface area contributed by atoms with Gasteiger partial charge in [-0.3, -0.25) is 0 Å². The summed E-state index contributed by atoms with van der Waals surface area (Å²) < 4.78 is 0. The largest absolute Gasteiger partial charge is 0.313 e. The molecule has 1 rings (SSSR count). The van der Waals surface area contributed by atoms with Crippen LogP contribution in [0.15, 0.2) is 0 Å². The standard InChI is InChI=1S/C14H29NS/c1-4-12(3)16-14-11-9-7-6-8-10-13(14)15-5-2/h12-15H,4-11H2,1-3H3. The van der Waals surface area contributed by atoms with Crippen LogP contribution >= 0.6 is 11.8 Å². The van der Waals surface area contributed by atoms with Crippen molar-refractivity contribution < 1.29 is 0 Å². The maximum absolute atomic E-state index is 3.71. The van der Waals surface area contributed by atoms with Gasteiger partial charge in [0.2, 0.25) is 0 Å². The van der Waals surface area contributed by atoms with E-state index in [0.717, 1.165) is 23.1 Å². The summed E-state index contributed by atoms with van der Waals surface area (Å²) in [5, 5.41) is 5.39. The van der Waals surface area contributed by atoms with Crippen molar-refractivity contribution >= 4 is 11.8 Å². The third-order valence-electron chi connectivity index (χ3n) is 3.65. The zero-order chi connectivity index (χ0) is 11.8. The van der Waals surface area contributed by atoms with Crippen molar-refractivity contribution in [1.29, 1.82) is 0 Å². The van der Waals surface area contributed by atoms with E-state index in [-0.39, 0.29) is 0 Å². The van der Waals surface area contributed by atoms with Crippen molar-refractivity contribution in [2.24, 2.45) is 0 Å². The molecule has 1 aliphatic carbocycles. The monoisotopic (exact) mass is 243 g/mol. The molecule has 1 nitrogen and oxygen atoms in total. The van der Waals surface area contributed by atoms with Gasteiger partial charge in [-0.2, -0.15) is 11.8 Å². The van der Waals surface area contributed by atoms with Crippen molar-refractivity contribution in [3.05, 3.63) is 0 Å². The normalized spacial score (nSPS) is 29.4. The van der Waals surface area contributed by atoms with Crippen LogP contribution in [0, 0.1) is 0 Å². The topological polar surface area (TPSA) is 12.0 Å². The second-order valence-electron chi connectivity index (χ2n) is 5.05. The maximum atomic E-state index is 3.71. The van der Waals surface area contributed by atoms with Crippen LogP contribution in [0.2, 0.25) is 0 Å². The Labute approximate surface area is 106 Å². The average molecular weight is 243 g/mol. The van der Waals surface area contributed by atoms with E-state index in [1.165, 1.54) is 44.9 Å². The molecular formula is C14H29NS. The fourth-order valence-corrected chi connectivity index (χ4v) is 4.02.